The van der Waals surface area contributed by atoms with Gasteiger partial charge in [-0.2, -0.15) is 0 Å². The van der Waals surface area contributed by atoms with Gasteiger partial charge in [0.05, 0.1) is 0 Å². The van der Waals surface area contributed by atoms with Crippen molar-refractivity contribution in [3.63, 3.8) is 0 Å². The predicted octanol–water partition coefficient (Wildman–Crippen LogP) is 10.9. The number of allylic oxidation sites excluding steroid dienone is 3. The Morgan fingerprint density at radius 3 is 1.65 bits per heavy atom. The number of fused-ring (bicyclic) bond motifs is 2. The SMILES string of the molecule is CCCCc1ccc([Si]([N-]C(C)(C)C)(c2ccc(CCCC)cc2)C2CC(N3Cc4ccccc4C3)C3C=CC=CC32)cc1.[CH3-].[Cl][Ti][Cl]. The molecule has 2 nitrogen and oxygen atoms in total. The molecule has 48 heavy (non-hydrogen) atoms. The molecule has 2 aliphatic carbocycles. The van der Waals surface area contributed by atoms with Gasteiger partial charge >= 0.3 is 35.6 Å². The van der Waals surface area contributed by atoms with Gasteiger partial charge in [-0.1, -0.05) is 155 Å². The van der Waals surface area contributed by atoms with Crippen LogP contribution in [0.1, 0.15) is 89.0 Å². The van der Waals surface area contributed by atoms with Gasteiger partial charge in [-0.3, -0.25) is 4.90 Å². The van der Waals surface area contributed by atoms with Crippen LogP contribution in [0.25, 0.3) is 4.98 Å². The van der Waals surface area contributed by atoms with Crippen LogP contribution in [0.5, 0.6) is 0 Å². The molecule has 4 unspecified atom stereocenters. The van der Waals surface area contributed by atoms with Crippen molar-refractivity contribution in [1.29, 1.82) is 0 Å². The summed E-state index contributed by atoms with van der Waals surface area (Å²) >= 11 is -0.556. The van der Waals surface area contributed by atoms with Gasteiger partial charge in [0.2, 0.25) is 0 Å². The summed E-state index contributed by atoms with van der Waals surface area (Å²) < 4.78 is 0. The fourth-order valence-electron chi connectivity index (χ4n) is 8.39. The topological polar surface area (TPSA) is 17.3 Å². The maximum atomic E-state index is 6.10. The first-order chi connectivity index (χ1) is 22.7. The molecular formula is C42H56Cl2N2SiTi-2. The van der Waals surface area contributed by atoms with E-state index < -0.39 is 25.3 Å². The van der Waals surface area contributed by atoms with Crippen LogP contribution >= 0.6 is 18.6 Å². The Morgan fingerprint density at radius 2 is 1.21 bits per heavy atom. The van der Waals surface area contributed by atoms with Gasteiger partial charge < -0.3 is 12.4 Å². The Bertz CT molecular complexity index is 1400. The first-order valence-corrected chi connectivity index (χ1v) is 24.1. The first-order valence-electron chi connectivity index (χ1n) is 17.8. The van der Waals surface area contributed by atoms with Crippen LogP contribution in [-0.4, -0.2) is 24.7 Å². The molecule has 3 aliphatic rings. The van der Waals surface area contributed by atoms with Crippen molar-refractivity contribution in [2.75, 3.05) is 0 Å². The molecule has 1 aliphatic heterocycles. The van der Waals surface area contributed by atoms with E-state index in [1.165, 1.54) is 64.7 Å². The molecule has 1 heterocycles. The van der Waals surface area contributed by atoms with Crippen molar-refractivity contribution < 1.29 is 17.0 Å². The molecule has 1 saturated carbocycles. The quantitative estimate of drug-likeness (QED) is 0.142. The van der Waals surface area contributed by atoms with Gasteiger partial charge in [0, 0.05) is 27.4 Å². The van der Waals surface area contributed by atoms with Gasteiger partial charge in [-0.05, 0) is 71.7 Å². The van der Waals surface area contributed by atoms with Crippen LogP contribution in [0, 0.1) is 19.3 Å². The van der Waals surface area contributed by atoms with Crippen LogP contribution in [0.2, 0.25) is 5.54 Å². The normalized spacial score (nSPS) is 21.6. The second-order valence-electron chi connectivity index (χ2n) is 14.7. The summed E-state index contributed by atoms with van der Waals surface area (Å²) in [6, 6.07) is 29.3. The number of rotatable bonds is 11. The molecule has 4 atom stereocenters. The van der Waals surface area contributed by atoms with Crippen LogP contribution < -0.4 is 10.4 Å². The van der Waals surface area contributed by atoms with Crippen molar-refractivity contribution in [3.8, 4) is 0 Å². The van der Waals surface area contributed by atoms with E-state index in [0.29, 0.717) is 23.4 Å². The minimum absolute atomic E-state index is 0. The van der Waals surface area contributed by atoms with Crippen molar-refractivity contribution in [2.45, 2.75) is 110 Å². The molecular weight excluding hydrogens is 679 g/mol. The Morgan fingerprint density at radius 1 is 0.750 bits per heavy atom. The number of aryl methyl sites for hydroxylation is 2. The summed E-state index contributed by atoms with van der Waals surface area (Å²) in [6.07, 6.45) is 18.2. The molecule has 0 aromatic heterocycles. The number of hydrogen-bond acceptors (Lipinski definition) is 1. The number of benzene rings is 3. The molecule has 3 aromatic carbocycles. The number of hydrogen-bond donors (Lipinski definition) is 0. The van der Waals surface area contributed by atoms with E-state index in [1.54, 1.807) is 0 Å². The van der Waals surface area contributed by atoms with Gasteiger partial charge in [-0.15, -0.1) is 5.54 Å². The summed E-state index contributed by atoms with van der Waals surface area (Å²) in [7, 11) is 7.15. The zero-order chi connectivity index (χ0) is 33.4. The van der Waals surface area contributed by atoms with E-state index in [2.05, 4.69) is 137 Å². The van der Waals surface area contributed by atoms with Crippen molar-refractivity contribution >= 4 is 37.2 Å². The Kier molecular flexibility index (Phi) is 14.9. The standard InChI is InChI=1S/C41H53N2Si.CH3.2ClH.Ti/c1-6-8-14-31-20-24-35(25-21-31)44(42-41(3,4)5,36-26-22-32(23-27-36)15-9-7-2)40-28-39(37-18-12-13-19-38(37)40)43-29-33-16-10-11-17-34(33)30-43;;;;/h10-13,16-27,37-40H,6-9,14-15,28-30H2,1-5H3;1H3;2*1H;/q2*-1;;;+2/p-2. The number of unbranched alkanes of at least 4 members (excludes halogenated alkanes) is 2. The van der Waals surface area contributed by atoms with Crippen LogP contribution in [0.15, 0.2) is 97.1 Å². The maximum absolute atomic E-state index is 6.10. The molecule has 0 radical (unpaired) electrons. The zero-order valence-corrected chi connectivity index (χ0v) is 34.1. The van der Waals surface area contributed by atoms with Gasteiger partial charge in [0.1, 0.15) is 0 Å². The van der Waals surface area contributed by atoms with E-state index in [-0.39, 0.29) is 13.0 Å². The van der Waals surface area contributed by atoms with Gasteiger partial charge in [-0.25, -0.2) is 0 Å². The Balaban J connectivity index is 0.00000125. The molecule has 0 spiro atoms. The monoisotopic (exact) mass is 734 g/mol. The summed E-state index contributed by atoms with van der Waals surface area (Å²) in [6.45, 7) is 13.7. The zero-order valence-electron chi connectivity index (χ0n) is 30.1. The second-order valence-corrected chi connectivity index (χ2v) is 21.0. The Hall–Kier alpha value is -1.43. The molecule has 258 valence electrons. The average Bonchev–Trinajstić information content (AvgIpc) is 3.68. The first kappa shape index (κ1) is 39.4. The molecule has 0 N–H and O–H groups in total. The molecule has 3 aromatic rings. The average molecular weight is 736 g/mol. The fourth-order valence-corrected chi connectivity index (χ4v) is 13.9. The number of halogens is 2. The third-order valence-electron chi connectivity index (χ3n) is 10.4. The molecule has 0 saturated heterocycles. The van der Waals surface area contributed by atoms with Crippen molar-refractivity contribution in [2.24, 2.45) is 11.8 Å². The van der Waals surface area contributed by atoms with E-state index in [0.717, 1.165) is 25.9 Å². The van der Waals surface area contributed by atoms with Crippen molar-refractivity contribution in [3.05, 3.63) is 132 Å². The van der Waals surface area contributed by atoms with E-state index in [9.17, 15) is 0 Å². The Labute approximate surface area is 310 Å². The summed E-state index contributed by atoms with van der Waals surface area (Å²) in [5.41, 5.74) is 6.29. The van der Waals surface area contributed by atoms with Gasteiger partial charge in [0.25, 0.3) is 0 Å². The van der Waals surface area contributed by atoms with E-state index in [4.69, 9.17) is 23.6 Å². The van der Waals surface area contributed by atoms with E-state index in [1.807, 2.05) is 0 Å². The third kappa shape index (κ3) is 9.07. The molecule has 1 fully saturated rings. The molecule has 6 rings (SSSR count). The van der Waals surface area contributed by atoms with Crippen LogP contribution in [-0.2, 0) is 43.0 Å². The molecule has 0 bridgehead atoms. The van der Waals surface area contributed by atoms with Crippen molar-refractivity contribution in [1.82, 2.24) is 4.90 Å². The minimum atomic E-state index is -2.63. The van der Waals surface area contributed by atoms with Crippen LogP contribution in [0.4, 0.5) is 0 Å². The number of nitrogens with zero attached hydrogens (tertiary/aromatic N) is 2. The van der Waals surface area contributed by atoms with Gasteiger partial charge in [0.15, 0.2) is 0 Å². The van der Waals surface area contributed by atoms with E-state index >= 15 is 0 Å². The summed E-state index contributed by atoms with van der Waals surface area (Å²) in [5.74, 6) is 1.01. The summed E-state index contributed by atoms with van der Waals surface area (Å²) in [5, 5.41) is 2.98. The summed E-state index contributed by atoms with van der Waals surface area (Å²) in [4.78, 5) is 8.90. The van der Waals surface area contributed by atoms with Crippen LogP contribution in [0.3, 0.4) is 0 Å². The second kappa shape index (κ2) is 18.2. The molecule has 6 heteroatoms. The predicted molar refractivity (Wildman–Crippen MR) is 209 cm³/mol. The fraction of sp³-hybridized carbons (Fsp3) is 0.452. The molecule has 0 amide bonds. The third-order valence-corrected chi connectivity index (χ3v) is 15.6.